The minimum absolute atomic E-state index is 0.156. The molecule has 0 amide bonds. The van der Waals surface area contributed by atoms with Gasteiger partial charge in [0.2, 0.25) is 0 Å². The number of rotatable bonds is 2. The van der Waals surface area contributed by atoms with Gasteiger partial charge in [-0.2, -0.15) is 0 Å². The Morgan fingerprint density at radius 2 is 1.54 bits per heavy atom. The smallest absolute Gasteiger partial charge is 0.0712 e. The van der Waals surface area contributed by atoms with E-state index in [0.717, 1.165) is 4.47 Å². The molecule has 0 aliphatic heterocycles. The molecule has 0 N–H and O–H groups in total. The first-order valence-electron chi connectivity index (χ1n) is 3.38. The van der Waals surface area contributed by atoms with Gasteiger partial charge < -0.3 is 0 Å². The third-order valence-electron chi connectivity index (χ3n) is 1.54. The fourth-order valence-electron chi connectivity index (χ4n) is 0.974. The molecule has 13 heavy (non-hydrogen) atoms. The summed E-state index contributed by atoms with van der Waals surface area (Å²) in [5, 5.41) is 0. The Kier molecular flexibility index (Phi) is 5.50. The van der Waals surface area contributed by atoms with Crippen LogP contribution >= 0.6 is 79.6 Å². The van der Waals surface area contributed by atoms with Gasteiger partial charge in [0, 0.05) is 4.47 Å². The highest BCUT2D eigenvalue weighted by Gasteiger charge is 2.16. The standard InChI is InChI=1S/C8H5Br5/c9-5-3-1-2-4(7(10)11)6(5)8(12)13/h1-3,7-8H. The predicted octanol–water partition coefficient (Wildman–Crippen LogP) is 6.03. The fraction of sp³-hybridized carbons (Fsp3) is 0.250. The van der Waals surface area contributed by atoms with Crippen molar-refractivity contribution in [3.63, 3.8) is 0 Å². The van der Waals surface area contributed by atoms with Gasteiger partial charge in [-0.15, -0.1) is 0 Å². The maximum atomic E-state index is 3.51. The minimum atomic E-state index is 0.156. The average molecular weight is 501 g/mol. The molecule has 1 aromatic carbocycles. The first kappa shape index (κ1) is 12.7. The van der Waals surface area contributed by atoms with E-state index in [9.17, 15) is 0 Å². The molecule has 0 aliphatic rings. The Morgan fingerprint density at radius 1 is 0.923 bits per heavy atom. The highest BCUT2D eigenvalue weighted by Crippen LogP contribution is 2.42. The second kappa shape index (κ2) is 5.64. The van der Waals surface area contributed by atoms with Crippen LogP contribution in [-0.4, -0.2) is 0 Å². The van der Waals surface area contributed by atoms with Crippen molar-refractivity contribution >= 4 is 79.6 Å². The van der Waals surface area contributed by atoms with Gasteiger partial charge in [0.1, 0.15) is 0 Å². The zero-order valence-corrected chi connectivity index (χ0v) is 14.2. The normalized spacial score (nSPS) is 11.3. The van der Waals surface area contributed by atoms with E-state index in [2.05, 4.69) is 85.7 Å². The molecule has 0 fully saturated rings. The van der Waals surface area contributed by atoms with Crippen LogP contribution in [-0.2, 0) is 0 Å². The molecular weight excluding hydrogens is 496 g/mol. The topological polar surface area (TPSA) is 0 Å². The second-order valence-corrected chi connectivity index (χ2v) is 9.32. The molecule has 0 unspecified atom stereocenters. The van der Waals surface area contributed by atoms with Crippen molar-refractivity contribution in [3.05, 3.63) is 33.8 Å². The maximum Gasteiger partial charge on any atom is 0.0960 e. The molecule has 0 radical (unpaired) electrons. The van der Waals surface area contributed by atoms with Gasteiger partial charge in [-0.25, -0.2) is 0 Å². The summed E-state index contributed by atoms with van der Waals surface area (Å²) in [6.45, 7) is 0. The Labute approximate surface area is 119 Å². The summed E-state index contributed by atoms with van der Waals surface area (Å²) in [6.07, 6.45) is 0. The van der Waals surface area contributed by atoms with Crippen LogP contribution in [0.15, 0.2) is 22.7 Å². The number of alkyl halides is 4. The lowest BCUT2D eigenvalue weighted by molar-refractivity contribution is 1.27. The molecule has 0 aromatic heterocycles. The summed E-state index contributed by atoms with van der Waals surface area (Å²) in [5.74, 6) is 0. The van der Waals surface area contributed by atoms with Crippen molar-refractivity contribution in [2.75, 3.05) is 0 Å². The lowest BCUT2D eigenvalue weighted by Crippen LogP contribution is -1.92. The number of hydrogen-bond acceptors (Lipinski definition) is 0. The molecule has 0 atom stereocenters. The van der Waals surface area contributed by atoms with Gasteiger partial charge in [-0.05, 0) is 17.2 Å². The lowest BCUT2D eigenvalue weighted by atomic mass is 10.1. The van der Waals surface area contributed by atoms with Crippen LogP contribution < -0.4 is 0 Å². The van der Waals surface area contributed by atoms with Crippen LogP contribution in [0.4, 0.5) is 0 Å². The number of benzene rings is 1. The van der Waals surface area contributed by atoms with E-state index in [0.29, 0.717) is 0 Å². The molecule has 0 aliphatic carbocycles. The zero-order valence-electron chi connectivity index (χ0n) is 6.28. The Balaban J connectivity index is 3.26. The van der Waals surface area contributed by atoms with Crippen LogP contribution in [0.25, 0.3) is 0 Å². The third-order valence-corrected chi connectivity index (χ3v) is 4.13. The van der Waals surface area contributed by atoms with E-state index in [-0.39, 0.29) is 7.47 Å². The fourth-order valence-corrected chi connectivity index (χ4v) is 4.02. The van der Waals surface area contributed by atoms with Crippen LogP contribution in [0.2, 0.25) is 0 Å². The molecule has 0 nitrogen and oxygen atoms in total. The molecule has 0 saturated carbocycles. The summed E-state index contributed by atoms with van der Waals surface area (Å²) in [6, 6.07) is 6.11. The van der Waals surface area contributed by atoms with E-state index in [4.69, 9.17) is 0 Å². The SMILES string of the molecule is Brc1cccc(C(Br)Br)c1C(Br)Br. The quantitative estimate of drug-likeness (QED) is 0.435. The molecule has 1 rings (SSSR count). The highest BCUT2D eigenvalue weighted by molar-refractivity contribution is 9.24. The first-order valence-corrected chi connectivity index (χ1v) is 7.84. The Morgan fingerprint density at radius 3 is 1.92 bits per heavy atom. The van der Waals surface area contributed by atoms with Crippen LogP contribution in [0.5, 0.6) is 0 Å². The van der Waals surface area contributed by atoms with E-state index in [1.54, 1.807) is 0 Å². The Hall–Kier alpha value is 1.62. The summed E-state index contributed by atoms with van der Waals surface area (Å²) in [7, 11) is 0. The van der Waals surface area contributed by atoms with Crippen molar-refractivity contribution < 1.29 is 0 Å². The zero-order chi connectivity index (χ0) is 10.0. The second-order valence-electron chi connectivity index (χ2n) is 2.34. The van der Waals surface area contributed by atoms with Crippen molar-refractivity contribution in [1.82, 2.24) is 0 Å². The van der Waals surface area contributed by atoms with E-state index >= 15 is 0 Å². The predicted molar refractivity (Wildman–Crippen MR) is 75.3 cm³/mol. The molecular formula is C8H5Br5. The summed E-state index contributed by atoms with van der Waals surface area (Å²) in [4.78, 5) is 0. The minimum Gasteiger partial charge on any atom is -0.0712 e. The third kappa shape index (κ3) is 3.30. The summed E-state index contributed by atoms with van der Waals surface area (Å²) >= 11 is 17.5. The molecule has 0 heterocycles. The van der Waals surface area contributed by atoms with Crippen molar-refractivity contribution in [2.24, 2.45) is 0 Å². The Bertz CT molecular complexity index is 295. The van der Waals surface area contributed by atoms with Gasteiger partial charge in [0.05, 0.1) is 7.47 Å². The molecule has 0 saturated heterocycles. The largest absolute Gasteiger partial charge is 0.0960 e. The van der Waals surface area contributed by atoms with Gasteiger partial charge in [0.25, 0.3) is 0 Å². The lowest BCUT2D eigenvalue weighted by Gasteiger charge is -2.13. The van der Waals surface area contributed by atoms with E-state index < -0.39 is 0 Å². The molecule has 0 bridgehead atoms. The van der Waals surface area contributed by atoms with Gasteiger partial charge in [-0.1, -0.05) is 91.8 Å². The molecule has 5 heteroatoms. The van der Waals surface area contributed by atoms with Gasteiger partial charge >= 0.3 is 0 Å². The van der Waals surface area contributed by atoms with Crippen LogP contribution in [0.3, 0.4) is 0 Å². The van der Waals surface area contributed by atoms with Crippen molar-refractivity contribution in [1.29, 1.82) is 0 Å². The number of halogens is 5. The van der Waals surface area contributed by atoms with Crippen LogP contribution in [0.1, 0.15) is 18.6 Å². The number of hydrogen-bond donors (Lipinski definition) is 0. The van der Waals surface area contributed by atoms with Gasteiger partial charge in [0.15, 0.2) is 0 Å². The first-order chi connectivity index (χ1) is 6.04. The summed E-state index contributed by atoms with van der Waals surface area (Å²) < 4.78 is 1.42. The van der Waals surface area contributed by atoms with E-state index in [1.807, 2.05) is 12.1 Å². The molecule has 0 spiro atoms. The maximum absolute atomic E-state index is 3.51. The van der Waals surface area contributed by atoms with Crippen molar-refractivity contribution in [2.45, 2.75) is 7.47 Å². The van der Waals surface area contributed by atoms with Crippen molar-refractivity contribution in [3.8, 4) is 0 Å². The van der Waals surface area contributed by atoms with Crippen LogP contribution in [0, 0.1) is 0 Å². The highest BCUT2D eigenvalue weighted by atomic mass is 79.9. The average Bonchev–Trinajstić information content (AvgIpc) is 2.02. The summed E-state index contributed by atoms with van der Waals surface area (Å²) in [5.41, 5.74) is 2.40. The van der Waals surface area contributed by atoms with Gasteiger partial charge in [-0.3, -0.25) is 0 Å². The van der Waals surface area contributed by atoms with E-state index in [1.165, 1.54) is 11.1 Å². The monoisotopic (exact) mass is 496 g/mol. The molecule has 1 aromatic rings. The molecule has 72 valence electrons.